The lowest BCUT2D eigenvalue weighted by Gasteiger charge is -2.55. The van der Waals surface area contributed by atoms with Crippen LogP contribution in [0.15, 0.2) is 23.8 Å². The summed E-state index contributed by atoms with van der Waals surface area (Å²) >= 11 is 0. The highest BCUT2D eigenvalue weighted by Crippen LogP contribution is 2.76. The van der Waals surface area contributed by atoms with Crippen LogP contribution in [-0.4, -0.2) is 45.7 Å². The number of fused-ring (bicyclic) bond motifs is 3. The van der Waals surface area contributed by atoms with E-state index in [-0.39, 0.29) is 40.7 Å². The molecule has 1 heterocycles. The fourth-order valence-electron chi connectivity index (χ4n) is 7.70. The van der Waals surface area contributed by atoms with Crippen LogP contribution in [0.2, 0.25) is 0 Å². The summed E-state index contributed by atoms with van der Waals surface area (Å²) in [6.07, 6.45) is 8.58. The summed E-state index contributed by atoms with van der Waals surface area (Å²) in [6.45, 7) is 5.51. The summed E-state index contributed by atoms with van der Waals surface area (Å²) < 4.78 is 6.43. The van der Waals surface area contributed by atoms with E-state index in [9.17, 15) is 19.8 Å². The van der Waals surface area contributed by atoms with Crippen molar-refractivity contribution in [3.05, 3.63) is 23.8 Å². The third-order valence-electron chi connectivity index (χ3n) is 9.08. The smallest absolute Gasteiger partial charge is 0.190 e. The molecular weight excluding hydrogens is 344 g/mol. The summed E-state index contributed by atoms with van der Waals surface area (Å²) in [6, 6.07) is 0. The van der Waals surface area contributed by atoms with E-state index in [0.717, 1.165) is 24.8 Å². The number of epoxide rings is 1. The van der Waals surface area contributed by atoms with Crippen molar-refractivity contribution in [1.29, 1.82) is 0 Å². The van der Waals surface area contributed by atoms with Gasteiger partial charge in [0.25, 0.3) is 0 Å². The van der Waals surface area contributed by atoms with E-state index < -0.39 is 23.4 Å². The lowest BCUT2D eigenvalue weighted by molar-refractivity contribution is -0.165. The summed E-state index contributed by atoms with van der Waals surface area (Å²) in [5.74, 6) is -0.193. The fourth-order valence-corrected chi connectivity index (χ4v) is 7.70. The van der Waals surface area contributed by atoms with Gasteiger partial charge in [-0.05, 0) is 62.5 Å². The minimum Gasteiger partial charge on any atom is -0.388 e. The number of rotatable bonds is 2. The quantitative estimate of drug-likeness (QED) is 0.724. The second-order valence-corrected chi connectivity index (χ2v) is 9.86. The van der Waals surface area contributed by atoms with Gasteiger partial charge in [-0.2, -0.15) is 0 Å². The first kappa shape index (κ1) is 17.8. The zero-order valence-electron chi connectivity index (χ0n) is 16.2. The first-order valence-electron chi connectivity index (χ1n) is 10.1. The van der Waals surface area contributed by atoms with Gasteiger partial charge in [0, 0.05) is 10.8 Å². The predicted molar refractivity (Wildman–Crippen MR) is 97.7 cm³/mol. The van der Waals surface area contributed by atoms with Crippen LogP contribution in [0.1, 0.15) is 46.5 Å². The number of ketones is 2. The predicted octanol–water partition coefficient (Wildman–Crippen LogP) is 1.96. The molecule has 5 rings (SSSR count). The van der Waals surface area contributed by atoms with Crippen LogP contribution in [-0.2, 0) is 14.3 Å². The van der Waals surface area contributed by atoms with Crippen molar-refractivity contribution >= 4 is 11.6 Å². The third-order valence-corrected chi connectivity index (χ3v) is 9.08. The fraction of sp³-hybridized carbons (Fsp3) is 0.727. The van der Waals surface area contributed by atoms with E-state index in [4.69, 9.17) is 4.74 Å². The standard InChI is InChI=1S/C22H28O5/c1-12-8-16-15-5-4-13-9-14(24)6-7-19(13,2)22(15)18(27-22)10-20(16,3)21(12,26)17(25)11-23/h6-7,9,12,15-16,18,23,26H,4-5,8,10-11H2,1-3H3/t12-,15?,16?,18+,19+,20+,21+,22-/m1/s1. The molecule has 1 aliphatic heterocycles. The Hall–Kier alpha value is -1.30. The second kappa shape index (κ2) is 5.00. The van der Waals surface area contributed by atoms with E-state index in [2.05, 4.69) is 6.92 Å². The largest absolute Gasteiger partial charge is 0.388 e. The van der Waals surface area contributed by atoms with Crippen molar-refractivity contribution in [1.82, 2.24) is 0 Å². The zero-order chi connectivity index (χ0) is 19.4. The van der Waals surface area contributed by atoms with Gasteiger partial charge in [-0.1, -0.05) is 25.5 Å². The van der Waals surface area contributed by atoms with Crippen LogP contribution in [0, 0.1) is 28.6 Å². The molecule has 1 saturated heterocycles. The number of hydrogen-bond donors (Lipinski definition) is 2. The van der Waals surface area contributed by atoms with Gasteiger partial charge in [-0.25, -0.2) is 0 Å². The van der Waals surface area contributed by atoms with Crippen LogP contribution >= 0.6 is 0 Å². The molecule has 2 unspecified atom stereocenters. The highest BCUT2D eigenvalue weighted by Gasteiger charge is 2.81. The van der Waals surface area contributed by atoms with Crippen molar-refractivity contribution in [3.63, 3.8) is 0 Å². The van der Waals surface area contributed by atoms with E-state index in [1.807, 2.05) is 19.9 Å². The molecule has 0 aromatic carbocycles. The molecule has 5 nitrogen and oxygen atoms in total. The van der Waals surface area contributed by atoms with Crippen molar-refractivity contribution in [2.24, 2.45) is 28.6 Å². The molecular formula is C22H28O5. The molecule has 0 bridgehead atoms. The monoisotopic (exact) mass is 372 g/mol. The van der Waals surface area contributed by atoms with Crippen LogP contribution in [0.4, 0.5) is 0 Å². The van der Waals surface area contributed by atoms with Gasteiger partial charge in [0.15, 0.2) is 11.6 Å². The summed E-state index contributed by atoms with van der Waals surface area (Å²) in [7, 11) is 0. The molecule has 5 aliphatic rings. The van der Waals surface area contributed by atoms with Crippen LogP contribution < -0.4 is 0 Å². The number of Topliss-reactive ketones (excluding diaryl/α,β-unsaturated/α-hetero) is 1. The van der Waals surface area contributed by atoms with Crippen molar-refractivity contribution in [2.45, 2.75) is 63.8 Å². The molecule has 0 radical (unpaired) electrons. The van der Waals surface area contributed by atoms with Crippen molar-refractivity contribution in [2.75, 3.05) is 6.61 Å². The normalized spacial score (nSPS) is 55.1. The Kier molecular flexibility index (Phi) is 3.29. The molecule has 3 saturated carbocycles. The molecule has 0 aromatic heterocycles. The van der Waals surface area contributed by atoms with Gasteiger partial charge in [-0.3, -0.25) is 9.59 Å². The molecule has 4 fully saturated rings. The second-order valence-electron chi connectivity index (χ2n) is 9.86. The number of carbonyl (C=O) groups is 2. The minimum absolute atomic E-state index is 0.0291. The maximum Gasteiger partial charge on any atom is 0.190 e. The molecule has 146 valence electrons. The summed E-state index contributed by atoms with van der Waals surface area (Å²) in [5, 5.41) is 21.0. The van der Waals surface area contributed by atoms with Crippen LogP contribution in [0.3, 0.4) is 0 Å². The first-order valence-corrected chi connectivity index (χ1v) is 10.1. The Morgan fingerprint density at radius 1 is 1.33 bits per heavy atom. The molecule has 8 atom stereocenters. The molecule has 4 aliphatic carbocycles. The van der Waals surface area contributed by atoms with E-state index >= 15 is 0 Å². The van der Waals surface area contributed by atoms with Crippen LogP contribution in [0.25, 0.3) is 0 Å². The third kappa shape index (κ3) is 1.73. The summed E-state index contributed by atoms with van der Waals surface area (Å²) in [4.78, 5) is 24.5. The Balaban J connectivity index is 1.60. The van der Waals surface area contributed by atoms with Gasteiger partial charge in [-0.15, -0.1) is 0 Å². The van der Waals surface area contributed by atoms with Gasteiger partial charge in [0.05, 0.1) is 6.10 Å². The number of carbonyl (C=O) groups excluding carboxylic acids is 2. The minimum atomic E-state index is -1.50. The number of aliphatic hydroxyl groups is 2. The summed E-state index contributed by atoms with van der Waals surface area (Å²) in [5.41, 5.74) is -1.55. The van der Waals surface area contributed by atoms with E-state index in [1.54, 1.807) is 12.2 Å². The van der Waals surface area contributed by atoms with E-state index in [0.29, 0.717) is 6.42 Å². The molecule has 0 amide bonds. The van der Waals surface area contributed by atoms with Crippen LogP contribution in [0.5, 0.6) is 0 Å². The molecule has 5 heteroatoms. The Labute approximate surface area is 159 Å². The number of aliphatic hydroxyl groups excluding tert-OH is 1. The lowest BCUT2D eigenvalue weighted by Crippen LogP contribution is -2.62. The van der Waals surface area contributed by atoms with Gasteiger partial charge < -0.3 is 14.9 Å². The highest BCUT2D eigenvalue weighted by atomic mass is 16.6. The first-order chi connectivity index (χ1) is 12.6. The number of allylic oxidation sites excluding steroid dienone is 2. The van der Waals surface area contributed by atoms with Gasteiger partial charge in [0.2, 0.25) is 0 Å². The van der Waals surface area contributed by atoms with Crippen molar-refractivity contribution in [3.8, 4) is 0 Å². The molecule has 0 aromatic rings. The number of hydrogen-bond acceptors (Lipinski definition) is 5. The number of ether oxygens (including phenoxy) is 1. The Bertz CT molecular complexity index is 814. The van der Waals surface area contributed by atoms with Gasteiger partial charge >= 0.3 is 0 Å². The molecule has 1 spiro atoms. The van der Waals surface area contributed by atoms with Gasteiger partial charge in [0.1, 0.15) is 17.8 Å². The molecule has 27 heavy (non-hydrogen) atoms. The average molecular weight is 372 g/mol. The van der Waals surface area contributed by atoms with E-state index in [1.165, 1.54) is 0 Å². The maximum atomic E-state index is 12.6. The molecule has 2 N–H and O–H groups in total. The Morgan fingerprint density at radius 2 is 2.07 bits per heavy atom. The topological polar surface area (TPSA) is 87.1 Å². The lowest BCUT2D eigenvalue weighted by atomic mass is 9.46. The van der Waals surface area contributed by atoms with Crippen molar-refractivity contribution < 1.29 is 24.5 Å². The SMILES string of the molecule is C[C@@H]1CC2C3CCC4=CC(=O)C=C[C@]4(C)[C@@]34O[C@H]4C[C@]2(C)[C@@]1(O)C(=O)CO. The Morgan fingerprint density at radius 3 is 2.78 bits per heavy atom. The highest BCUT2D eigenvalue weighted by molar-refractivity contribution is 6.01. The zero-order valence-corrected chi connectivity index (χ0v) is 16.2. The maximum absolute atomic E-state index is 12.6. The average Bonchev–Trinajstić information content (AvgIpc) is 3.31.